The Kier molecular flexibility index (Phi) is 8.73. The number of amides is 2. The third-order valence-corrected chi connectivity index (χ3v) is 4.80. The first kappa shape index (κ1) is 23.7. The zero-order valence-corrected chi connectivity index (χ0v) is 18.4. The maximum atomic E-state index is 12.1. The van der Waals surface area contributed by atoms with Crippen molar-refractivity contribution in [1.82, 2.24) is 10.7 Å². The van der Waals surface area contributed by atoms with E-state index in [1.807, 2.05) is 6.07 Å². The lowest BCUT2D eigenvalue weighted by atomic mass is 10.2. The van der Waals surface area contributed by atoms with Crippen LogP contribution in [0.15, 0.2) is 84.0 Å². The summed E-state index contributed by atoms with van der Waals surface area (Å²) < 4.78 is 5.36. The highest BCUT2D eigenvalue weighted by Gasteiger charge is 2.09. The average Bonchev–Trinajstić information content (AvgIpc) is 2.83. The molecule has 8 heteroatoms. The Hall–Kier alpha value is -3.97. The van der Waals surface area contributed by atoms with E-state index in [0.717, 1.165) is 0 Å². The summed E-state index contributed by atoms with van der Waals surface area (Å²) >= 11 is 5.99. The van der Waals surface area contributed by atoms with Crippen molar-refractivity contribution >= 4 is 35.6 Å². The van der Waals surface area contributed by atoms with Crippen molar-refractivity contribution in [3.63, 3.8) is 0 Å². The topological polar surface area (TPSA) is 96.9 Å². The largest absolute Gasteiger partial charge is 0.423 e. The van der Waals surface area contributed by atoms with Crippen LogP contribution < -0.4 is 15.5 Å². The average molecular weight is 464 g/mol. The maximum Gasteiger partial charge on any atom is 0.343 e. The van der Waals surface area contributed by atoms with Gasteiger partial charge in [0.05, 0.1) is 22.4 Å². The monoisotopic (exact) mass is 463 g/mol. The van der Waals surface area contributed by atoms with Crippen molar-refractivity contribution in [2.45, 2.75) is 12.8 Å². The number of hydrogen-bond donors (Lipinski definition) is 2. The number of benzene rings is 3. The van der Waals surface area contributed by atoms with Crippen LogP contribution in [0.3, 0.4) is 0 Å². The van der Waals surface area contributed by atoms with Crippen LogP contribution in [0.4, 0.5) is 0 Å². The Balaban J connectivity index is 1.40. The van der Waals surface area contributed by atoms with Crippen molar-refractivity contribution in [1.29, 1.82) is 0 Å². The van der Waals surface area contributed by atoms with E-state index in [2.05, 4.69) is 15.8 Å². The van der Waals surface area contributed by atoms with Gasteiger partial charge in [-0.25, -0.2) is 10.2 Å². The summed E-state index contributed by atoms with van der Waals surface area (Å²) in [6.07, 6.45) is 2.09. The summed E-state index contributed by atoms with van der Waals surface area (Å²) in [6, 6.07) is 22.2. The molecule has 0 aromatic heterocycles. The van der Waals surface area contributed by atoms with Gasteiger partial charge >= 0.3 is 5.97 Å². The second-order valence-corrected chi connectivity index (χ2v) is 7.37. The fourth-order valence-electron chi connectivity index (χ4n) is 2.82. The predicted octanol–water partition coefficient (Wildman–Crippen LogP) is 4.22. The minimum atomic E-state index is -0.459. The fraction of sp³-hybridized carbons (Fsp3) is 0.120. The number of esters is 1. The van der Waals surface area contributed by atoms with Gasteiger partial charge < -0.3 is 10.1 Å². The summed E-state index contributed by atoms with van der Waals surface area (Å²) in [7, 11) is 0. The van der Waals surface area contributed by atoms with Crippen molar-refractivity contribution in [2.24, 2.45) is 5.10 Å². The molecule has 0 fully saturated rings. The highest BCUT2D eigenvalue weighted by atomic mass is 35.5. The zero-order chi connectivity index (χ0) is 23.5. The molecule has 0 aliphatic carbocycles. The van der Waals surface area contributed by atoms with E-state index in [9.17, 15) is 14.4 Å². The molecule has 33 heavy (non-hydrogen) atoms. The van der Waals surface area contributed by atoms with Crippen LogP contribution in [0.2, 0.25) is 5.02 Å². The summed E-state index contributed by atoms with van der Waals surface area (Å²) in [4.78, 5) is 36.2. The van der Waals surface area contributed by atoms with Crippen molar-refractivity contribution in [2.75, 3.05) is 6.54 Å². The Morgan fingerprint density at radius 3 is 2.48 bits per heavy atom. The summed E-state index contributed by atoms with van der Waals surface area (Å²) in [6.45, 7) is 0.329. The van der Waals surface area contributed by atoms with Gasteiger partial charge in [0.2, 0.25) is 5.91 Å². The fourth-order valence-corrected chi connectivity index (χ4v) is 3.05. The lowest BCUT2D eigenvalue weighted by Gasteiger charge is -2.06. The lowest BCUT2D eigenvalue weighted by Crippen LogP contribution is -2.26. The Morgan fingerprint density at radius 2 is 1.70 bits per heavy atom. The van der Waals surface area contributed by atoms with Gasteiger partial charge in [0.25, 0.3) is 5.91 Å². The summed E-state index contributed by atoms with van der Waals surface area (Å²) in [5, 5.41) is 7.03. The van der Waals surface area contributed by atoms with Crippen LogP contribution in [0.25, 0.3) is 0 Å². The molecular formula is C25H22ClN3O4. The third-order valence-electron chi connectivity index (χ3n) is 4.47. The first-order valence-corrected chi connectivity index (χ1v) is 10.6. The molecule has 168 valence electrons. The number of halogens is 1. The van der Waals surface area contributed by atoms with E-state index in [0.29, 0.717) is 40.4 Å². The van der Waals surface area contributed by atoms with E-state index in [-0.39, 0.29) is 18.2 Å². The molecular weight excluding hydrogens is 442 g/mol. The normalized spacial score (nSPS) is 10.6. The molecule has 0 spiro atoms. The molecule has 0 unspecified atom stereocenters. The maximum absolute atomic E-state index is 12.1. The summed E-state index contributed by atoms with van der Waals surface area (Å²) in [5.41, 5.74) is 3.93. The highest BCUT2D eigenvalue weighted by molar-refractivity contribution is 6.33. The van der Waals surface area contributed by atoms with Crippen LogP contribution in [-0.4, -0.2) is 30.5 Å². The molecule has 0 heterocycles. The van der Waals surface area contributed by atoms with E-state index >= 15 is 0 Å². The number of ether oxygens (including phenoxy) is 1. The van der Waals surface area contributed by atoms with Gasteiger partial charge in [-0.05, 0) is 48.4 Å². The van der Waals surface area contributed by atoms with Crippen LogP contribution >= 0.6 is 11.6 Å². The molecule has 2 amide bonds. The smallest absolute Gasteiger partial charge is 0.343 e. The van der Waals surface area contributed by atoms with Gasteiger partial charge in [0, 0.05) is 13.0 Å². The predicted molar refractivity (Wildman–Crippen MR) is 127 cm³/mol. The van der Waals surface area contributed by atoms with E-state index in [4.69, 9.17) is 16.3 Å². The zero-order valence-electron chi connectivity index (χ0n) is 17.7. The first-order valence-electron chi connectivity index (χ1n) is 10.2. The lowest BCUT2D eigenvalue weighted by molar-refractivity contribution is -0.121. The van der Waals surface area contributed by atoms with Crippen LogP contribution in [0.1, 0.15) is 39.1 Å². The number of nitrogens with one attached hydrogen (secondary N) is 2. The van der Waals surface area contributed by atoms with E-state index in [1.165, 1.54) is 6.21 Å². The molecule has 3 rings (SSSR count). The second-order valence-electron chi connectivity index (χ2n) is 6.96. The van der Waals surface area contributed by atoms with E-state index in [1.54, 1.807) is 72.8 Å². The van der Waals surface area contributed by atoms with Gasteiger partial charge in [-0.2, -0.15) is 5.10 Å². The van der Waals surface area contributed by atoms with Crippen LogP contribution in [0.5, 0.6) is 5.75 Å². The van der Waals surface area contributed by atoms with Gasteiger partial charge in [0.1, 0.15) is 5.75 Å². The number of hydrogen-bond acceptors (Lipinski definition) is 5. The molecule has 0 saturated carbocycles. The summed E-state index contributed by atoms with van der Waals surface area (Å²) in [5.74, 6) is -0.662. The number of carbonyl (C=O) groups is 3. The highest BCUT2D eigenvalue weighted by Crippen LogP contribution is 2.15. The van der Waals surface area contributed by atoms with Gasteiger partial charge in [-0.3, -0.25) is 9.59 Å². The number of carbonyl (C=O) groups excluding carboxylic acids is 3. The number of hydrazone groups is 1. The van der Waals surface area contributed by atoms with Crippen molar-refractivity contribution < 1.29 is 19.1 Å². The van der Waals surface area contributed by atoms with Crippen molar-refractivity contribution in [3.8, 4) is 5.75 Å². The molecule has 0 aliphatic heterocycles. The number of rotatable bonds is 9. The van der Waals surface area contributed by atoms with Gasteiger partial charge in [0.15, 0.2) is 0 Å². The molecule has 0 bridgehead atoms. The van der Waals surface area contributed by atoms with Crippen LogP contribution in [0, 0.1) is 0 Å². The van der Waals surface area contributed by atoms with Crippen LogP contribution in [-0.2, 0) is 4.79 Å². The van der Waals surface area contributed by atoms with Gasteiger partial charge in [-0.1, -0.05) is 54.1 Å². The molecule has 0 atom stereocenters. The van der Waals surface area contributed by atoms with Crippen molar-refractivity contribution in [3.05, 3.63) is 101 Å². The third kappa shape index (κ3) is 7.59. The minimum absolute atomic E-state index is 0.189. The molecule has 2 N–H and O–H groups in total. The standard InChI is InChI=1S/C25H22ClN3O4/c26-22-13-5-4-12-21(22)24(31)27-15-7-14-23(30)29-28-17-18-8-6-11-20(16-18)33-25(32)19-9-2-1-3-10-19/h1-6,8-13,16-17H,7,14-15H2,(H,27,31)(H,29,30). The van der Waals surface area contributed by atoms with E-state index < -0.39 is 5.97 Å². The Morgan fingerprint density at radius 1 is 0.939 bits per heavy atom. The second kappa shape index (κ2) is 12.2. The molecule has 0 aliphatic rings. The molecule has 3 aromatic rings. The minimum Gasteiger partial charge on any atom is -0.423 e. The number of nitrogens with zero attached hydrogens (tertiary/aromatic N) is 1. The Labute approximate surface area is 196 Å². The first-order chi connectivity index (χ1) is 16.0. The molecule has 7 nitrogen and oxygen atoms in total. The quantitative estimate of drug-likeness (QED) is 0.163. The van der Waals surface area contributed by atoms with Gasteiger partial charge in [-0.15, -0.1) is 0 Å². The molecule has 3 aromatic carbocycles. The Bertz CT molecular complexity index is 1150. The molecule has 0 radical (unpaired) electrons. The SMILES string of the molecule is O=C(CCCNC(=O)c1ccccc1Cl)NN=Cc1cccc(OC(=O)c2ccccc2)c1. The molecule has 0 saturated heterocycles.